The number of aliphatic carboxylic acids is 2. The molecular weight excluding hydrogens is 426 g/mol. The Bertz CT molecular complexity index is 913. The molecule has 3 aliphatic rings. The lowest BCUT2D eigenvalue weighted by Crippen LogP contribution is -3.00. The number of pyridine rings is 1. The summed E-state index contributed by atoms with van der Waals surface area (Å²) < 4.78 is 1.77. The summed E-state index contributed by atoms with van der Waals surface area (Å²) in [5.41, 5.74) is 4.25. The number of carboxylic acids is 2. The first-order chi connectivity index (χ1) is 14.5. The zero-order valence-electron chi connectivity index (χ0n) is 19.9. The molecule has 2 unspecified atom stereocenters. The van der Waals surface area contributed by atoms with Crippen LogP contribution in [0, 0.1) is 22.7 Å². The largest absolute Gasteiger partial charge is 1.00 e. The van der Waals surface area contributed by atoms with Gasteiger partial charge in [0.05, 0.1) is 6.42 Å². The minimum Gasteiger partial charge on any atom is -1.00 e. The number of carbonyl (C=O) groups is 2. The van der Waals surface area contributed by atoms with Gasteiger partial charge < -0.3 is 22.6 Å². The van der Waals surface area contributed by atoms with E-state index in [9.17, 15) is 19.8 Å². The maximum atomic E-state index is 11.4. The Morgan fingerprint density at radius 3 is 2.41 bits per heavy atom. The number of hydrogen-bond acceptors (Lipinski definition) is 2. The first-order valence-corrected chi connectivity index (χ1v) is 12.0. The van der Waals surface area contributed by atoms with Crippen molar-refractivity contribution in [1.82, 2.24) is 0 Å². The molecule has 1 aromatic rings. The van der Waals surface area contributed by atoms with E-state index in [1.807, 2.05) is 6.20 Å². The first-order valence-electron chi connectivity index (χ1n) is 12.0. The van der Waals surface area contributed by atoms with E-state index in [0.29, 0.717) is 23.2 Å². The van der Waals surface area contributed by atoms with Crippen LogP contribution in [0.5, 0.6) is 0 Å². The number of fused-ring (bicyclic) bond motifs is 5. The fraction of sp³-hybridized carbons (Fsp3) is 0.731. The SMILES string of the molecule is CC1(C)CCC[C@@]2(C)C1CC[C@@]1(C)c3cc(CCC(=O)O)[n+](CC(=O)O)cc3CCC21.[Cl-]. The van der Waals surface area contributed by atoms with Crippen molar-refractivity contribution < 1.29 is 36.8 Å². The highest BCUT2D eigenvalue weighted by molar-refractivity contribution is 5.67. The third-order valence-electron chi connectivity index (χ3n) is 9.35. The second-order valence-electron chi connectivity index (χ2n) is 11.6. The van der Waals surface area contributed by atoms with Crippen molar-refractivity contribution in [2.75, 3.05) is 0 Å². The van der Waals surface area contributed by atoms with Gasteiger partial charge in [-0.25, -0.2) is 4.79 Å². The summed E-state index contributed by atoms with van der Waals surface area (Å²) in [5.74, 6) is -0.367. The van der Waals surface area contributed by atoms with Gasteiger partial charge in [0.15, 0.2) is 11.9 Å². The van der Waals surface area contributed by atoms with Crippen LogP contribution in [0.4, 0.5) is 0 Å². The molecule has 0 aliphatic heterocycles. The third-order valence-corrected chi connectivity index (χ3v) is 9.35. The molecule has 2 fully saturated rings. The van der Waals surface area contributed by atoms with Crippen molar-refractivity contribution in [3.8, 4) is 0 Å². The third kappa shape index (κ3) is 4.06. The molecule has 0 aromatic carbocycles. The van der Waals surface area contributed by atoms with Crippen molar-refractivity contribution in [3.05, 3.63) is 29.1 Å². The van der Waals surface area contributed by atoms with Gasteiger partial charge in [-0.3, -0.25) is 4.79 Å². The van der Waals surface area contributed by atoms with Gasteiger partial charge in [-0.05, 0) is 72.2 Å². The topological polar surface area (TPSA) is 78.5 Å². The molecule has 5 nitrogen and oxygen atoms in total. The van der Waals surface area contributed by atoms with Gasteiger partial charge in [0.2, 0.25) is 6.54 Å². The lowest BCUT2D eigenvalue weighted by Gasteiger charge is -2.64. The van der Waals surface area contributed by atoms with E-state index in [1.165, 1.54) is 36.8 Å². The van der Waals surface area contributed by atoms with Gasteiger partial charge in [-0.2, -0.15) is 4.57 Å². The van der Waals surface area contributed by atoms with E-state index < -0.39 is 11.9 Å². The second-order valence-corrected chi connectivity index (χ2v) is 11.6. The highest BCUT2D eigenvalue weighted by atomic mass is 35.5. The van der Waals surface area contributed by atoms with Crippen LogP contribution in [0.1, 0.15) is 89.5 Å². The highest BCUT2D eigenvalue weighted by Gasteiger charge is 2.59. The van der Waals surface area contributed by atoms with Crippen LogP contribution >= 0.6 is 0 Å². The molecule has 1 heterocycles. The Balaban J connectivity index is 0.00000289. The highest BCUT2D eigenvalue weighted by Crippen LogP contribution is 2.66. The molecule has 3 aliphatic carbocycles. The maximum Gasteiger partial charge on any atom is 0.370 e. The zero-order valence-corrected chi connectivity index (χ0v) is 20.7. The van der Waals surface area contributed by atoms with E-state index in [2.05, 4.69) is 33.8 Å². The van der Waals surface area contributed by atoms with Crippen LogP contribution in [0.2, 0.25) is 0 Å². The van der Waals surface area contributed by atoms with Gasteiger partial charge >= 0.3 is 11.9 Å². The minimum absolute atomic E-state index is 0. The molecule has 4 atom stereocenters. The Morgan fingerprint density at radius 1 is 1.03 bits per heavy atom. The summed E-state index contributed by atoms with van der Waals surface area (Å²) in [7, 11) is 0. The van der Waals surface area contributed by atoms with Crippen LogP contribution in [-0.4, -0.2) is 22.2 Å². The molecule has 0 spiro atoms. The average molecular weight is 464 g/mol. The van der Waals surface area contributed by atoms with Crippen molar-refractivity contribution in [2.45, 2.75) is 97.4 Å². The monoisotopic (exact) mass is 463 g/mol. The van der Waals surface area contributed by atoms with Gasteiger partial charge in [-0.1, -0.05) is 34.1 Å². The van der Waals surface area contributed by atoms with Crippen LogP contribution < -0.4 is 17.0 Å². The van der Waals surface area contributed by atoms with E-state index in [-0.39, 0.29) is 30.8 Å². The van der Waals surface area contributed by atoms with Gasteiger partial charge in [0.25, 0.3) is 0 Å². The van der Waals surface area contributed by atoms with Crippen molar-refractivity contribution in [1.29, 1.82) is 0 Å². The van der Waals surface area contributed by atoms with Crippen LogP contribution in [0.3, 0.4) is 0 Å². The van der Waals surface area contributed by atoms with E-state index >= 15 is 0 Å². The normalized spacial score (nSPS) is 32.6. The molecule has 2 saturated carbocycles. The Hall–Kier alpha value is -1.62. The summed E-state index contributed by atoms with van der Waals surface area (Å²) >= 11 is 0. The van der Waals surface area contributed by atoms with E-state index in [1.54, 1.807) is 4.57 Å². The van der Waals surface area contributed by atoms with Crippen LogP contribution in [-0.2, 0) is 34.4 Å². The number of rotatable bonds is 5. The smallest absolute Gasteiger partial charge is 0.370 e. The number of nitrogens with zero attached hydrogens (tertiary/aromatic N) is 1. The second kappa shape index (κ2) is 8.62. The predicted molar refractivity (Wildman–Crippen MR) is 118 cm³/mol. The lowest BCUT2D eigenvalue weighted by molar-refractivity contribution is -0.693. The molecular formula is C26H38ClNO4. The van der Waals surface area contributed by atoms with Crippen molar-refractivity contribution >= 4 is 11.9 Å². The van der Waals surface area contributed by atoms with Crippen LogP contribution in [0.25, 0.3) is 0 Å². The molecule has 0 radical (unpaired) electrons. The first kappa shape index (κ1) is 25.0. The maximum absolute atomic E-state index is 11.4. The number of halogens is 1. The fourth-order valence-electron chi connectivity index (χ4n) is 8.08. The molecule has 0 amide bonds. The Labute approximate surface area is 198 Å². The standard InChI is InChI=1S/C26H37NO4.ClH/c1-24(2)11-5-12-26(4)20(24)10-13-25(3)19-14-18(7-9-22(28)29)27(16-23(30)31)15-17(19)6-8-21(25)26;/h14-15,20-21H,5-13,16H2,1-4H3,(H-,28,29,30,31);1H/t20?,21?,25-,26-;/m0./s1. The lowest BCUT2D eigenvalue weighted by atomic mass is 9.40. The van der Waals surface area contributed by atoms with Gasteiger partial charge in [-0.15, -0.1) is 0 Å². The minimum atomic E-state index is -0.890. The Kier molecular flexibility index (Phi) is 6.74. The van der Waals surface area contributed by atoms with Crippen LogP contribution in [0.15, 0.2) is 12.3 Å². The summed E-state index contributed by atoms with van der Waals surface area (Å²) in [6.45, 7) is 9.79. The van der Waals surface area contributed by atoms with Crippen molar-refractivity contribution in [3.63, 3.8) is 0 Å². The number of carboxylic acid groups (broad SMARTS) is 2. The summed E-state index contributed by atoms with van der Waals surface area (Å²) in [6.07, 6.45) is 10.9. The number of aryl methyl sites for hydroxylation is 2. The quantitative estimate of drug-likeness (QED) is 0.649. The predicted octanol–water partition coefficient (Wildman–Crippen LogP) is 1.53. The summed E-state index contributed by atoms with van der Waals surface area (Å²) in [5, 5.41) is 18.6. The zero-order chi connectivity index (χ0) is 22.6. The van der Waals surface area contributed by atoms with Gasteiger partial charge in [0.1, 0.15) is 0 Å². The molecule has 6 heteroatoms. The molecule has 2 N–H and O–H groups in total. The number of aromatic nitrogens is 1. The molecule has 32 heavy (non-hydrogen) atoms. The average Bonchev–Trinajstić information content (AvgIpc) is 2.65. The van der Waals surface area contributed by atoms with E-state index in [0.717, 1.165) is 30.9 Å². The van der Waals surface area contributed by atoms with Crippen molar-refractivity contribution in [2.24, 2.45) is 22.7 Å². The molecule has 4 rings (SSSR count). The molecule has 0 bridgehead atoms. The molecule has 0 saturated heterocycles. The van der Waals surface area contributed by atoms with Gasteiger partial charge in [0, 0.05) is 18.1 Å². The summed E-state index contributed by atoms with van der Waals surface area (Å²) in [4.78, 5) is 22.7. The number of hydrogen-bond donors (Lipinski definition) is 2. The summed E-state index contributed by atoms with van der Waals surface area (Å²) in [6, 6.07) is 2.17. The Morgan fingerprint density at radius 2 is 1.75 bits per heavy atom. The fourth-order valence-corrected chi connectivity index (χ4v) is 8.08. The molecule has 1 aromatic heterocycles. The molecule has 178 valence electrons. The van der Waals surface area contributed by atoms with E-state index in [4.69, 9.17) is 0 Å².